The van der Waals surface area contributed by atoms with Gasteiger partial charge in [0.2, 0.25) is 0 Å². The monoisotopic (exact) mass is 289 g/mol. The van der Waals surface area contributed by atoms with Crippen molar-refractivity contribution in [2.24, 2.45) is 0 Å². The Balaban J connectivity index is 1.77. The van der Waals surface area contributed by atoms with Crippen LogP contribution in [0.5, 0.6) is 0 Å². The summed E-state index contributed by atoms with van der Waals surface area (Å²) in [5, 5.41) is 5.59. The van der Waals surface area contributed by atoms with Gasteiger partial charge in [-0.05, 0) is 46.6 Å². The van der Waals surface area contributed by atoms with Gasteiger partial charge in [0.25, 0.3) is 0 Å². The van der Waals surface area contributed by atoms with E-state index in [4.69, 9.17) is 4.74 Å². The molecule has 0 aliphatic heterocycles. The molecule has 1 fully saturated rings. The molecule has 0 spiro atoms. The maximum Gasteiger partial charge on any atom is 0.0802 e. The van der Waals surface area contributed by atoms with Gasteiger partial charge in [-0.2, -0.15) is 0 Å². The summed E-state index contributed by atoms with van der Waals surface area (Å²) < 4.78 is 6.76. The van der Waals surface area contributed by atoms with Crippen LogP contribution in [0.25, 0.3) is 0 Å². The summed E-state index contributed by atoms with van der Waals surface area (Å²) in [4.78, 5) is 1.36. The molecule has 0 amide bonds. The van der Waals surface area contributed by atoms with E-state index >= 15 is 0 Å². The highest BCUT2D eigenvalue weighted by atomic mass is 79.9. The summed E-state index contributed by atoms with van der Waals surface area (Å²) in [6.07, 6.45) is 3.70. The van der Waals surface area contributed by atoms with Crippen molar-refractivity contribution >= 4 is 27.3 Å². The van der Waals surface area contributed by atoms with Crippen LogP contribution in [-0.4, -0.2) is 19.3 Å². The van der Waals surface area contributed by atoms with E-state index in [-0.39, 0.29) is 5.60 Å². The van der Waals surface area contributed by atoms with Crippen molar-refractivity contribution in [3.63, 3.8) is 0 Å². The molecule has 0 saturated heterocycles. The lowest BCUT2D eigenvalue weighted by atomic mass is 9.80. The van der Waals surface area contributed by atoms with Crippen LogP contribution in [0.2, 0.25) is 0 Å². The van der Waals surface area contributed by atoms with E-state index in [1.165, 1.54) is 28.6 Å². The Labute approximate surface area is 103 Å². The first-order valence-electron chi connectivity index (χ1n) is 5.23. The maximum absolute atomic E-state index is 5.55. The van der Waals surface area contributed by atoms with Crippen LogP contribution in [-0.2, 0) is 11.3 Å². The Morgan fingerprint density at radius 3 is 2.87 bits per heavy atom. The number of hydrogen-bond donors (Lipinski definition) is 1. The third kappa shape index (κ3) is 2.61. The molecular weight excluding hydrogens is 274 g/mol. The average molecular weight is 290 g/mol. The fourth-order valence-corrected chi connectivity index (χ4v) is 3.34. The second-order valence-corrected chi connectivity index (χ2v) is 5.89. The standard InChI is InChI=1S/C11H16BrNOS/c1-14-11(4-2-5-11)8-13-7-10-9(12)3-6-15-10/h3,6,13H,2,4-5,7-8H2,1H3. The van der Waals surface area contributed by atoms with Gasteiger partial charge >= 0.3 is 0 Å². The highest BCUT2D eigenvalue weighted by Gasteiger charge is 2.36. The first-order valence-corrected chi connectivity index (χ1v) is 6.91. The lowest BCUT2D eigenvalue weighted by molar-refractivity contribution is -0.0695. The molecule has 0 atom stereocenters. The lowest BCUT2D eigenvalue weighted by Crippen LogP contribution is -2.47. The van der Waals surface area contributed by atoms with Crippen LogP contribution >= 0.6 is 27.3 Å². The van der Waals surface area contributed by atoms with Crippen molar-refractivity contribution in [2.45, 2.75) is 31.4 Å². The zero-order chi connectivity index (χ0) is 10.7. The van der Waals surface area contributed by atoms with Crippen molar-refractivity contribution in [1.29, 1.82) is 0 Å². The Morgan fingerprint density at radius 1 is 1.60 bits per heavy atom. The quantitative estimate of drug-likeness (QED) is 0.899. The van der Waals surface area contributed by atoms with E-state index in [2.05, 4.69) is 32.7 Å². The predicted molar refractivity (Wildman–Crippen MR) is 67.3 cm³/mol. The van der Waals surface area contributed by atoms with Crippen molar-refractivity contribution in [1.82, 2.24) is 5.32 Å². The van der Waals surface area contributed by atoms with Gasteiger partial charge in [-0.1, -0.05) is 0 Å². The predicted octanol–water partition coefficient (Wildman–Crippen LogP) is 3.17. The van der Waals surface area contributed by atoms with Crippen LogP contribution in [0.1, 0.15) is 24.1 Å². The van der Waals surface area contributed by atoms with E-state index in [9.17, 15) is 0 Å². The number of halogens is 1. The largest absolute Gasteiger partial charge is 0.377 e. The second kappa shape index (κ2) is 4.95. The minimum absolute atomic E-state index is 0.129. The van der Waals surface area contributed by atoms with Crippen molar-refractivity contribution in [3.8, 4) is 0 Å². The smallest absolute Gasteiger partial charge is 0.0802 e. The highest BCUT2D eigenvalue weighted by molar-refractivity contribution is 9.10. The van der Waals surface area contributed by atoms with Gasteiger partial charge in [-0.25, -0.2) is 0 Å². The molecule has 1 heterocycles. The summed E-state index contributed by atoms with van der Waals surface area (Å²) in [7, 11) is 1.82. The SMILES string of the molecule is COC1(CNCc2sccc2Br)CCC1. The fraction of sp³-hybridized carbons (Fsp3) is 0.636. The van der Waals surface area contributed by atoms with Gasteiger partial charge in [-0.3, -0.25) is 0 Å². The van der Waals surface area contributed by atoms with Crippen molar-refractivity contribution in [3.05, 3.63) is 20.8 Å². The highest BCUT2D eigenvalue weighted by Crippen LogP contribution is 2.34. The fourth-order valence-electron chi connectivity index (χ4n) is 1.88. The summed E-state index contributed by atoms with van der Waals surface area (Å²) in [5.74, 6) is 0. The van der Waals surface area contributed by atoms with Crippen molar-refractivity contribution in [2.75, 3.05) is 13.7 Å². The Hall–Kier alpha value is 0.100. The van der Waals surface area contributed by atoms with Crippen LogP contribution in [0.3, 0.4) is 0 Å². The van der Waals surface area contributed by atoms with Crippen molar-refractivity contribution < 1.29 is 4.74 Å². The molecule has 1 saturated carbocycles. The van der Waals surface area contributed by atoms with E-state index in [1.807, 2.05) is 7.11 Å². The number of rotatable bonds is 5. The molecule has 2 nitrogen and oxygen atoms in total. The zero-order valence-electron chi connectivity index (χ0n) is 8.88. The van der Waals surface area contributed by atoms with E-state index in [0.717, 1.165) is 13.1 Å². The van der Waals surface area contributed by atoms with Gasteiger partial charge in [0.1, 0.15) is 0 Å². The van der Waals surface area contributed by atoms with Crippen LogP contribution in [0.4, 0.5) is 0 Å². The minimum Gasteiger partial charge on any atom is -0.377 e. The summed E-state index contributed by atoms with van der Waals surface area (Å²) >= 11 is 5.32. The number of methoxy groups -OCH3 is 1. The topological polar surface area (TPSA) is 21.3 Å². The first kappa shape index (κ1) is 11.6. The number of nitrogens with one attached hydrogen (secondary N) is 1. The lowest BCUT2D eigenvalue weighted by Gasteiger charge is -2.40. The normalized spacial score (nSPS) is 18.8. The molecule has 0 unspecified atom stereocenters. The van der Waals surface area contributed by atoms with Gasteiger partial charge in [0.05, 0.1) is 5.60 Å². The molecule has 0 bridgehead atoms. The maximum atomic E-state index is 5.55. The molecule has 0 radical (unpaired) electrons. The van der Waals surface area contributed by atoms with Gasteiger partial charge < -0.3 is 10.1 Å². The van der Waals surface area contributed by atoms with Gasteiger partial charge in [0.15, 0.2) is 0 Å². The third-order valence-corrected chi connectivity index (χ3v) is 5.05. The van der Waals surface area contributed by atoms with Crippen LogP contribution < -0.4 is 5.32 Å². The van der Waals surface area contributed by atoms with Crippen LogP contribution in [0, 0.1) is 0 Å². The number of thiophene rings is 1. The summed E-state index contributed by atoms with van der Waals surface area (Å²) in [6.45, 7) is 1.90. The average Bonchev–Trinajstić information content (AvgIpc) is 2.57. The summed E-state index contributed by atoms with van der Waals surface area (Å²) in [6, 6.07) is 2.09. The second-order valence-electron chi connectivity index (χ2n) is 4.04. The van der Waals surface area contributed by atoms with E-state index in [1.54, 1.807) is 11.3 Å². The Bertz CT molecular complexity index is 317. The van der Waals surface area contributed by atoms with Crippen LogP contribution in [0.15, 0.2) is 15.9 Å². The molecule has 15 heavy (non-hydrogen) atoms. The number of ether oxygens (including phenoxy) is 1. The zero-order valence-corrected chi connectivity index (χ0v) is 11.3. The van der Waals surface area contributed by atoms with E-state index < -0.39 is 0 Å². The Morgan fingerprint density at radius 2 is 2.40 bits per heavy atom. The molecular formula is C11H16BrNOS. The summed E-state index contributed by atoms with van der Waals surface area (Å²) in [5.41, 5.74) is 0.129. The third-order valence-electron chi connectivity index (χ3n) is 3.12. The molecule has 1 N–H and O–H groups in total. The number of hydrogen-bond acceptors (Lipinski definition) is 3. The van der Waals surface area contributed by atoms with Gasteiger partial charge in [0, 0.05) is 29.5 Å². The molecule has 1 aromatic rings. The molecule has 84 valence electrons. The molecule has 1 aliphatic rings. The first-order chi connectivity index (χ1) is 7.26. The molecule has 0 aromatic carbocycles. The molecule has 1 aromatic heterocycles. The molecule has 4 heteroatoms. The molecule has 2 rings (SSSR count). The van der Waals surface area contributed by atoms with E-state index in [0.29, 0.717) is 0 Å². The Kier molecular flexibility index (Phi) is 3.83. The minimum atomic E-state index is 0.129. The molecule has 1 aliphatic carbocycles. The van der Waals surface area contributed by atoms with Gasteiger partial charge in [-0.15, -0.1) is 11.3 Å².